The Hall–Kier alpha value is -2.39. The smallest absolute Gasteiger partial charge is 0.341 e. The minimum atomic E-state index is -1.14. The lowest BCUT2D eigenvalue weighted by Gasteiger charge is -2.12. The van der Waals surface area contributed by atoms with Crippen molar-refractivity contribution < 1.29 is 19.4 Å². The monoisotopic (exact) mass is 411 g/mol. The average molecular weight is 413 g/mol. The summed E-state index contributed by atoms with van der Waals surface area (Å²) in [5.74, 6) is -0.781. The Morgan fingerprint density at radius 2 is 1.92 bits per heavy atom. The van der Waals surface area contributed by atoms with Crippen LogP contribution in [0.25, 0.3) is 11.6 Å². The molecule has 0 radical (unpaired) electrons. The van der Waals surface area contributed by atoms with Crippen LogP contribution in [0.15, 0.2) is 30.3 Å². The van der Waals surface area contributed by atoms with E-state index < -0.39 is 12.6 Å². The molecule has 0 saturated heterocycles. The molecule has 8 heteroatoms. The third-order valence-corrected chi connectivity index (χ3v) is 4.27. The normalized spacial score (nSPS) is 11.0. The van der Waals surface area contributed by atoms with Gasteiger partial charge < -0.3 is 14.6 Å². The highest BCUT2D eigenvalue weighted by Crippen LogP contribution is 2.37. The molecule has 0 heterocycles. The van der Waals surface area contributed by atoms with Gasteiger partial charge in [-0.25, -0.2) is 4.79 Å². The second kappa shape index (κ2) is 8.81. The van der Waals surface area contributed by atoms with Crippen molar-refractivity contribution in [3.8, 4) is 17.6 Å². The number of benzene rings is 2. The van der Waals surface area contributed by atoms with Crippen LogP contribution in [0.1, 0.15) is 11.1 Å². The molecule has 0 bridgehead atoms. The number of ether oxygens (including phenoxy) is 2. The topological polar surface area (TPSA) is 79.5 Å². The van der Waals surface area contributed by atoms with Crippen molar-refractivity contribution in [1.29, 1.82) is 5.26 Å². The van der Waals surface area contributed by atoms with Gasteiger partial charge in [-0.1, -0.05) is 40.9 Å². The first-order valence-corrected chi connectivity index (χ1v) is 8.28. The number of aliphatic carboxylic acids is 1. The van der Waals surface area contributed by atoms with Gasteiger partial charge in [-0.2, -0.15) is 5.26 Å². The van der Waals surface area contributed by atoms with Gasteiger partial charge in [0.1, 0.15) is 0 Å². The fourth-order valence-corrected chi connectivity index (χ4v) is 2.68. The number of hydrogen-bond donors (Lipinski definition) is 1. The number of nitriles is 1. The third-order valence-electron chi connectivity index (χ3n) is 3.25. The molecule has 0 saturated carbocycles. The number of carboxylic acid groups (broad SMARTS) is 1. The van der Waals surface area contributed by atoms with E-state index in [9.17, 15) is 10.1 Å². The van der Waals surface area contributed by atoms with Crippen molar-refractivity contribution >= 4 is 52.4 Å². The molecule has 0 aromatic heterocycles. The first-order chi connectivity index (χ1) is 12.3. The molecule has 2 rings (SSSR count). The molecule has 0 amide bonds. The van der Waals surface area contributed by atoms with E-state index >= 15 is 0 Å². The minimum Gasteiger partial charge on any atom is -0.493 e. The van der Waals surface area contributed by atoms with Crippen LogP contribution in [0.2, 0.25) is 15.1 Å². The largest absolute Gasteiger partial charge is 0.493 e. The highest BCUT2D eigenvalue weighted by molar-refractivity contribution is 6.42. The van der Waals surface area contributed by atoms with Crippen LogP contribution < -0.4 is 9.47 Å². The van der Waals surface area contributed by atoms with Gasteiger partial charge in [-0.05, 0) is 41.5 Å². The summed E-state index contributed by atoms with van der Waals surface area (Å²) >= 11 is 18.1. The molecule has 0 aliphatic rings. The molecule has 26 heavy (non-hydrogen) atoms. The van der Waals surface area contributed by atoms with E-state index in [2.05, 4.69) is 6.07 Å². The lowest BCUT2D eigenvalue weighted by molar-refractivity contribution is -0.139. The predicted octanol–water partition coefficient (Wildman–Crippen LogP) is 5.18. The van der Waals surface area contributed by atoms with Gasteiger partial charge in [0.05, 0.1) is 33.8 Å². The van der Waals surface area contributed by atoms with Crippen LogP contribution in [-0.4, -0.2) is 24.8 Å². The maximum absolute atomic E-state index is 10.7. The SMILES string of the molecule is COc1cc(/C=C(/C#N)c2ccc(Cl)c(Cl)c2)cc(Cl)c1OCC(=O)O. The van der Waals surface area contributed by atoms with E-state index in [-0.39, 0.29) is 16.5 Å². The Balaban J connectivity index is 2.45. The van der Waals surface area contributed by atoms with E-state index in [4.69, 9.17) is 49.4 Å². The summed E-state index contributed by atoms with van der Waals surface area (Å²) in [4.78, 5) is 10.7. The molecule has 0 aliphatic carbocycles. The van der Waals surface area contributed by atoms with E-state index in [1.54, 1.807) is 30.3 Å². The van der Waals surface area contributed by atoms with Crippen molar-refractivity contribution in [1.82, 2.24) is 0 Å². The van der Waals surface area contributed by atoms with E-state index in [0.717, 1.165) is 0 Å². The number of rotatable bonds is 6. The second-order valence-corrected chi connectivity index (χ2v) is 6.24. The first-order valence-electron chi connectivity index (χ1n) is 7.15. The van der Waals surface area contributed by atoms with Gasteiger partial charge in [0.15, 0.2) is 18.1 Å². The Morgan fingerprint density at radius 1 is 1.19 bits per heavy atom. The van der Waals surface area contributed by atoms with Gasteiger partial charge in [0.25, 0.3) is 0 Å². The maximum atomic E-state index is 10.7. The molecule has 5 nitrogen and oxygen atoms in total. The summed E-state index contributed by atoms with van der Waals surface area (Å²) in [7, 11) is 1.40. The summed E-state index contributed by atoms with van der Waals surface area (Å²) in [5, 5.41) is 19.1. The Kier molecular flexibility index (Phi) is 6.76. The molecular weight excluding hydrogens is 401 g/mol. The standard InChI is InChI=1S/C18H12Cl3NO4/c1-25-16-6-10(5-15(21)18(16)26-9-17(23)24)4-12(8-22)11-2-3-13(19)14(20)7-11/h2-7H,9H2,1H3,(H,23,24)/b12-4-. The zero-order chi connectivity index (χ0) is 19.3. The highest BCUT2D eigenvalue weighted by Gasteiger charge is 2.14. The summed E-state index contributed by atoms with van der Waals surface area (Å²) in [6, 6.07) is 10.1. The van der Waals surface area contributed by atoms with Crippen LogP contribution in [0.3, 0.4) is 0 Å². The highest BCUT2D eigenvalue weighted by atomic mass is 35.5. The van der Waals surface area contributed by atoms with E-state index in [1.165, 1.54) is 13.2 Å². The summed E-state index contributed by atoms with van der Waals surface area (Å²) in [6.45, 7) is -0.558. The molecule has 0 aliphatic heterocycles. The lowest BCUT2D eigenvalue weighted by Crippen LogP contribution is -2.10. The van der Waals surface area contributed by atoms with Gasteiger partial charge in [-0.3, -0.25) is 0 Å². The van der Waals surface area contributed by atoms with Crippen LogP contribution in [0.5, 0.6) is 11.5 Å². The third kappa shape index (κ3) is 4.83. The van der Waals surface area contributed by atoms with Gasteiger partial charge in [-0.15, -0.1) is 0 Å². The first kappa shape index (κ1) is 19.9. The Morgan fingerprint density at radius 3 is 2.50 bits per heavy atom. The van der Waals surface area contributed by atoms with Crippen LogP contribution in [0.4, 0.5) is 0 Å². The fourth-order valence-electron chi connectivity index (χ4n) is 2.11. The quantitative estimate of drug-likeness (QED) is 0.522. The summed E-state index contributed by atoms with van der Waals surface area (Å²) in [5.41, 5.74) is 1.49. The predicted molar refractivity (Wildman–Crippen MR) is 101 cm³/mol. The maximum Gasteiger partial charge on any atom is 0.341 e. The van der Waals surface area contributed by atoms with Crippen LogP contribution in [0, 0.1) is 11.3 Å². The molecule has 1 N–H and O–H groups in total. The van der Waals surface area contributed by atoms with Crippen LogP contribution >= 0.6 is 34.8 Å². The molecule has 0 atom stereocenters. The van der Waals surface area contributed by atoms with Crippen molar-refractivity contribution in [2.24, 2.45) is 0 Å². The fraction of sp³-hybridized carbons (Fsp3) is 0.111. The summed E-state index contributed by atoms with van der Waals surface area (Å²) in [6.07, 6.45) is 1.59. The molecule has 0 unspecified atom stereocenters. The number of hydrogen-bond acceptors (Lipinski definition) is 4. The van der Waals surface area contributed by atoms with Crippen molar-refractivity contribution in [2.45, 2.75) is 0 Å². The van der Waals surface area contributed by atoms with Gasteiger partial charge in [0, 0.05) is 0 Å². The second-order valence-electron chi connectivity index (χ2n) is 5.02. The summed E-state index contributed by atoms with van der Waals surface area (Å²) < 4.78 is 10.3. The number of carbonyl (C=O) groups is 1. The molecular formula is C18H12Cl3NO4. The lowest BCUT2D eigenvalue weighted by atomic mass is 10.0. The zero-order valence-electron chi connectivity index (χ0n) is 13.4. The number of carboxylic acids is 1. The number of halogens is 3. The van der Waals surface area contributed by atoms with Crippen molar-refractivity contribution in [3.63, 3.8) is 0 Å². The molecule has 134 valence electrons. The number of allylic oxidation sites excluding steroid dienone is 1. The molecule has 2 aromatic rings. The average Bonchev–Trinajstić information content (AvgIpc) is 2.60. The van der Waals surface area contributed by atoms with Gasteiger partial charge >= 0.3 is 5.97 Å². The molecule has 0 spiro atoms. The van der Waals surface area contributed by atoms with Crippen molar-refractivity contribution in [2.75, 3.05) is 13.7 Å². The Labute approximate surface area is 164 Å². The van der Waals surface area contributed by atoms with Crippen molar-refractivity contribution in [3.05, 3.63) is 56.5 Å². The minimum absolute atomic E-state index is 0.113. The molecule has 0 fully saturated rings. The van der Waals surface area contributed by atoms with Gasteiger partial charge in [0.2, 0.25) is 0 Å². The number of methoxy groups -OCH3 is 1. The van der Waals surface area contributed by atoms with E-state index in [1.807, 2.05) is 0 Å². The zero-order valence-corrected chi connectivity index (χ0v) is 15.7. The molecule has 2 aromatic carbocycles. The Bertz CT molecular complexity index is 919. The van der Waals surface area contributed by atoms with Crippen LogP contribution in [-0.2, 0) is 4.79 Å². The number of nitrogens with zero attached hydrogens (tertiary/aromatic N) is 1. The van der Waals surface area contributed by atoms with E-state index in [0.29, 0.717) is 26.7 Å².